The maximum absolute atomic E-state index is 10.0. The molecule has 1 aliphatic carbocycles. The number of fused-ring (bicyclic) bond motifs is 1. The largest absolute Gasteiger partial charge is 0.497 e. The summed E-state index contributed by atoms with van der Waals surface area (Å²) in [4.78, 5) is 0. The lowest BCUT2D eigenvalue weighted by molar-refractivity contribution is 0.144. The Morgan fingerprint density at radius 3 is 3.00 bits per heavy atom. The zero-order valence-electron chi connectivity index (χ0n) is 8.94. The second-order valence-electron chi connectivity index (χ2n) is 4.07. The van der Waals surface area contributed by atoms with E-state index in [0.29, 0.717) is 0 Å². The minimum Gasteiger partial charge on any atom is -0.497 e. The van der Waals surface area contributed by atoms with Crippen LogP contribution in [0.15, 0.2) is 18.2 Å². The summed E-state index contributed by atoms with van der Waals surface area (Å²) in [7, 11) is 1.63. The maximum atomic E-state index is 10.0. The minimum atomic E-state index is -0.558. The van der Waals surface area contributed by atoms with Gasteiger partial charge in [-0.25, -0.2) is 0 Å². The molecule has 0 saturated carbocycles. The number of benzene rings is 1. The molecule has 82 valence electrons. The molecule has 2 atom stereocenters. The highest BCUT2D eigenvalue weighted by atomic mass is 16.5. The molecular weight excluding hydrogens is 190 g/mol. The van der Waals surface area contributed by atoms with E-state index >= 15 is 0 Å². The molecule has 1 aliphatic rings. The summed E-state index contributed by atoms with van der Waals surface area (Å²) in [6.45, 7) is 0. The topological polar surface area (TPSA) is 55.5 Å². The first kappa shape index (κ1) is 10.5. The quantitative estimate of drug-likeness (QED) is 0.684. The van der Waals surface area contributed by atoms with Gasteiger partial charge in [0.25, 0.3) is 0 Å². The van der Waals surface area contributed by atoms with Crippen molar-refractivity contribution >= 4 is 0 Å². The molecule has 15 heavy (non-hydrogen) atoms. The first-order valence-corrected chi connectivity index (χ1v) is 5.33. The van der Waals surface area contributed by atoms with E-state index in [0.717, 1.165) is 30.6 Å². The summed E-state index contributed by atoms with van der Waals surface area (Å²) in [5.41, 5.74) is 8.01. The van der Waals surface area contributed by atoms with Crippen molar-refractivity contribution in [2.24, 2.45) is 5.73 Å². The van der Waals surface area contributed by atoms with E-state index in [9.17, 15) is 5.11 Å². The predicted molar refractivity (Wildman–Crippen MR) is 58.9 cm³/mol. The molecule has 0 saturated heterocycles. The van der Waals surface area contributed by atoms with Gasteiger partial charge in [0, 0.05) is 6.04 Å². The molecule has 3 N–H and O–H groups in total. The SMILES string of the molecule is COc1ccc2c(c1)[C@H](O)[C@@H](N)CCC2. The molecule has 0 aromatic heterocycles. The highest BCUT2D eigenvalue weighted by Crippen LogP contribution is 2.30. The van der Waals surface area contributed by atoms with Gasteiger partial charge in [0.2, 0.25) is 0 Å². The monoisotopic (exact) mass is 207 g/mol. The number of nitrogens with two attached hydrogens (primary N) is 1. The van der Waals surface area contributed by atoms with Crippen molar-refractivity contribution in [3.63, 3.8) is 0 Å². The lowest BCUT2D eigenvalue weighted by atomic mass is 9.99. The Hall–Kier alpha value is -1.06. The molecule has 0 aliphatic heterocycles. The van der Waals surface area contributed by atoms with Crippen molar-refractivity contribution in [2.75, 3.05) is 7.11 Å². The molecule has 0 unspecified atom stereocenters. The van der Waals surface area contributed by atoms with Gasteiger partial charge in [0.05, 0.1) is 13.2 Å². The molecule has 1 aromatic rings. The van der Waals surface area contributed by atoms with Crippen LogP contribution in [0.2, 0.25) is 0 Å². The van der Waals surface area contributed by atoms with Gasteiger partial charge in [-0.1, -0.05) is 6.07 Å². The number of aryl methyl sites for hydroxylation is 1. The predicted octanol–water partition coefficient (Wildman–Crippen LogP) is 1.39. The molecule has 0 amide bonds. The number of ether oxygens (including phenoxy) is 1. The van der Waals surface area contributed by atoms with Crippen molar-refractivity contribution in [3.8, 4) is 5.75 Å². The number of hydrogen-bond donors (Lipinski definition) is 2. The van der Waals surface area contributed by atoms with Crippen LogP contribution in [0.1, 0.15) is 30.1 Å². The summed E-state index contributed by atoms with van der Waals surface area (Å²) >= 11 is 0. The molecule has 3 heteroatoms. The minimum absolute atomic E-state index is 0.154. The van der Waals surface area contributed by atoms with E-state index in [1.165, 1.54) is 5.56 Å². The Labute approximate surface area is 89.9 Å². The van der Waals surface area contributed by atoms with E-state index in [2.05, 4.69) is 0 Å². The smallest absolute Gasteiger partial charge is 0.119 e. The Balaban J connectivity index is 2.41. The van der Waals surface area contributed by atoms with E-state index in [1.54, 1.807) is 7.11 Å². The van der Waals surface area contributed by atoms with Crippen molar-refractivity contribution < 1.29 is 9.84 Å². The van der Waals surface area contributed by atoms with Crippen LogP contribution in [0.5, 0.6) is 5.75 Å². The molecule has 0 fully saturated rings. The summed E-state index contributed by atoms with van der Waals surface area (Å²) in [5.74, 6) is 0.780. The Morgan fingerprint density at radius 1 is 1.47 bits per heavy atom. The zero-order chi connectivity index (χ0) is 10.8. The van der Waals surface area contributed by atoms with Gasteiger partial charge in [0.1, 0.15) is 5.75 Å². The summed E-state index contributed by atoms with van der Waals surface area (Å²) < 4.78 is 5.15. The third-order valence-electron chi connectivity index (χ3n) is 3.06. The molecule has 0 heterocycles. The summed E-state index contributed by atoms with van der Waals surface area (Å²) in [5, 5.41) is 10.0. The Bertz CT molecular complexity index is 351. The lowest BCUT2D eigenvalue weighted by Gasteiger charge is -2.18. The van der Waals surface area contributed by atoms with Crippen molar-refractivity contribution in [1.82, 2.24) is 0 Å². The van der Waals surface area contributed by atoms with Gasteiger partial charge in [0.15, 0.2) is 0 Å². The Kier molecular flexibility index (Phi) is 2.93. The fourth-order valence-corrected chi connectivity index (χ4v) is 2.12. The van der Waals surface area contributed by atoms with E-state index in [1.807, 2.05) is 18.2 Å². The Morgan fingerprint density at radius 2 is 2.27 bits per heavy atom. The number of rotatable bonds is 1. The van der Waals surface area contributed by atoms with Crippen molar-refractivity contribution in [3.05, 3.63) is 29.3 Å². The van der Waals surface area contributed by atoms with Crippen LogP contribution in [0, 0.1) is 0 Å². The lowest BCUT2D eigenvalue weighted by Crippen LogP contribution is -2.27. The molecule has 0 bridgehead atoms. The third kappa shape index (κ3) is 1.98. The third-order valence-corrected chi connectivity index (χ3v) is 3.06. The van der Waals surface area contributed by atoms with Crippen LogP contribution in [0.4, 0.5) is 0 Å². The standard InChI is InChI=1S/C12H17NO2/c1-15-9-6-5-8-3-2-4-11(13)12(14)10(8)7-9/h5-7,11-12,14H,2-4,13H2,1H3/t11-,12-/m0/s1. The highest BCUT2D eigenvalue weighted by Gasteiger charge is 2.23. The molecule has 0 spiro atoms. The highest BCUT2D eigenvalue weighted by molar-refractivity contribution is 5.38. The van der Waals surface area contributed by atoms with E-state index < -0.39 is 6.10 Å². The van der Waals surface area contributed by atoms with Crippen LogP contribution in [-0.2, 0) is 6.42 Å². The van der Waals surface area contributed by atoms with Crippen LogP contribution >= 0.6 is 0 Å². The average Bonchev–Trinajstić information content (AvgIpc) is 2.40. The van der Waals surface area contributed by atoms with Gasteiger partial charge < -0.3 is 15.6 Å². The molecular formula is C12H17NO2. The van der Waals surface area contributed by atoms with Gasteiger partial charge in [-0.3, -0.25) is 0 Å². The first-order valence-electron chi connectivity index (χ1n) is 5.33. The van der Waals surface area contributed by atoms with Crippen LogP contribution in [0.25, 0.3) is 0 Å². The van der Waals surface area contributed by atoms with Gasteiger partial charge >= 0.3 is 0 Å². The van der Waals surface area contributed by atoms with Crippen LogP contribution in [-0.4, -0.2) is 18.3 Å². The summed E-state index contributed by atoms with van der Waals surface area (Å²) in [6, 6.07) is 5.70. The van der Waals surface area contributed by atoms with Gasteiger partial charge in [-0.05, 0) is 42.5 Å². The second-order valence-corrected chi connectivity index (χ2v) is 4.07. The number of aliphatic hydroxyl groups excluding tert-OH is 1. The second kappa shape index (κ2) is 4.21. The van der Waals surface area contributed by atoms with Crippen molar-refractivity contribution in [1.29, 1.82) is 0 Å². The number of aliphatic hydroxyl groups is 1. The normalized spacial score (nSPS) is 25.5. The maximum Gasteiger partial charge on any atom is 0.119 e. The molecule has 2 rings (SSSR count). The molecule has 1 aromatic carbocycles. The van der Waals surface area contributed by atoms with Gasteiger partial charge in [-0.2, -0.15) is 0 Å². The fourth-order valence-electron chi connectivity index (χ4n) is 2.12. The summed E-state index contributed by atoms with van der Waals surface area (Å²) in [6.07, 6.45) is 2.34. The van der Waals surface area contributed by atoms with Crippen LogP contribution < -0.4 is 10.5 Å². The number of hydrogen-bond acceptors (Lipinski definition) is 3. The van der Waals surface area contributed by atoms with E-state index in [4.69, 9.17) is 10.5 Å². The molecule has 3 nitrogen and oxygen atoms in total. The van der Waals surface area contributed by atoms with Crippen LogP contribution in [0.3, 0.4) is 0 Å². The van der Waals surface area contributed by atoms with Gasteiger partial charge in [-0.15, -0.1) is 0 Å². The first-order chi connectivity index (χ1) is 7.22. The fraction of sp³-hybridized carbons (Fsp3) is 0.500. The molecule has 0 radical (unpaired) electrons. The van der Waals surface area contributed by atoms with E-state index in [-0.39, 0.29) is 6.04 Å². The zero-order valence-corrected chi connectivity index (χ0v) is 8.94. The van der Waals surface area contributed by atoms with Crippen molar-refractivity contribution in [2.45, 2.75) is 31.4 Å². The average molecular weight is 207 g/mol. The number of methoxy groups -OCH3 is 1.